The van der Waals surface area contributed by atoms with Crippen molar-refractivity contribution in [2.75, 3.05) is 6.26 Å². The van der Waals surface area contributed by atoms with Crippen LogP contribution < -0.4 is 5.69 Å². The van der Waals surface area contributed by atoms with Crippen LogP contribution in [0.1, 0.15) is 11.1 Å². The SMILES string of the molecule is CSc1nc(=O)n(-c2ncoc2-c2ccc(C(F)(F)F)cc2)cc1C. The lowest BCUT2D eigenvalue weighted by atomic mass is 10.1. The van der Waals surface area contributed by atoms with Gasteiger partial charge < -0.3 is 4.42 Å². The van der Waals surface area contributed by atoms with Crippen molar-refractivity contribution in [2.45, 2.75) is 18.1 Å². The summed E-state index contributed by atoms with van der Waals surface area (Å²) in [4.78, 5) is 20.2. The first-order valence-corrected chi connectivity index (χ1v) is 8.29. The summed E-state index contributed by atoms with van der Waals surface area (Å²) in [5.41, 5.74) is -0.166. The van der Waals surface area contributed by atoms with Crippen LogP contribution in [0.3, 0.4) is 0 Å². The Morgan fingerprint density at radius 1 is 1.20 bits per heavy atom. The summed E-state index contributed by atoms with van der Waals surface area (Å²) in [5, 5.41) is 0.598. The number of thioether (sulfide) groups is 1. The standard InChI is InChI=1S/C16H12F3N3O2S/c1-9-7-22(15(23)21-14(9)25-2)13-12(24-8-20-13)10-3-5-11(6-4-10)16(17,18)19/h3-8H,1-2H3. The summed E-state index contributed by atoms with van der Waals surface area (Å²) in [5.74, 6) is 0.363. The van der Waals surface area contributed by atoms with E-state index in [0.29, 0.717) is 10.6 Å². The lowest BCUT2D eigenvalue weighted by molar-refractivity contribution is -0.137. The minimum atomic E-state index is -4.42. The molecule has 2 heterocycles. The molecule has 9 heteroatoms. The zero-order valence-electron chi connectivity index (χ0n) is 13.2. The first-order valence-electron chi connectivity index (χ1n) is 7.07. The number of benzene rings is 1. The molecule has 0 radical (unpaired) electrons. The molecule has 0 unspecified atom stereocenters. The summed E-state index contributed by atoms with van der Waals surface area (Å²) >= 11 is 1.35. The maximum Gasteiger partial charge on any atom is 0.416 e. The number of halogens is 3. The summed E-state index contributed by atoms with van der Waals surface area (Å²) in [6.45, 7) is 1.80. The molecule has 0 saturated heterocycles. The number of alkyl halides is 3. The second-order valence-corrected chi connectivity index (χ2v) is 5.96. The van der Waals surface area contributed by atoms with Crippen molar-refractivity contribution in [3.05, 3.63) is 58.5 Å². The third-order valence-corrected chi connectivity index (χ3v) is 4.31. The topological polar surface area (TPSA) is 60.9 Å². The Morgan fingerprint density at radius 2 is 1.88 bits per heavy atom. The first kappa shape index (κ1) is 17.3. The molecule has 25 heavy (non-hydrogen) atoms. The molecule has 0 aliphatic carbocycles. The molecule has 0 amide bonds. The van der Waals surface area contributed by atoms with Gasteiger partial charge in [0.2, 0.25) is 0 Å². The molecule has 0 bridgehead atoms. The quantitative estimate of drug-likeness (QED) is 0.518. The lowest BCUT2D eigenvalue weighted by Crippen LogP contribution is -2.22. The van der Waals surface area contributed by atoms with E-state index in [0.717, 1.165) is 24.1 Å². The zero-order valence-corrected chi connectivity index (χ0v) is 14.0. The van der Waals surface area contributed by atoms with Gasteiger partial charge in [-0.1, -0.05) is 12.1 Å². The third-order valence-electron chi connectivity index (χ3n) is 3.51. The Labute approximate surface area is 144 Å². The largest absolute Gasteiger partial charge is 0.441 e. The van der Waals surface area contributed by atoms with Crippen LogP contribution in [0.4, 0.5) is 13.2 Å². The number of nitrogens with zero attached hydrogens (tertiary/aromatic N) is 3. The van der Waals surface area contributed by atoms with Crippen molar-refractivity contribution in [1.29, 1.82) is 0 Å². The molecular formula is C16H12F3N3O2S. The van der Waals surface area contributed by atoms with Gasteiger partial charge >= 0.3 is 11.9 Å². The minimum absolute atomic E-state index is 0.174. The van der Waals surface area contributed by atoms with Crippen molar-refractivity contribution in [3.8, 4) is 17.1 Å². The molecule has 3 aromatic rings. The van der Waals surface area contributed by atoms with Crippen LogP contribution in [-0.4, -0.2) is 20.8 Å². The Bertz CT molecular complexity index is 962. The lowest BCUT2D eigenvalue weighted by Gasteiger charge is -2.09. The first-order chi connectivity index (χ1) is 11.8. The summed E-state index contributed by atoms with van der Waals surface area (Å²) in [7, 11) is 0. The molecule has 0 N–H and O–H groups in total. The summed E-state index contributed by atoms with van der Waals surface area (Å²) in [6.07, 6.45) is 0.0937. The Kier molecular flexibility index (Phi) is 4.42. The van der Waals surface area contributed by atoms with Crippen LogP contribution in [-0.2, 0) is 6.18 Å². The number of rotatable bonds is 3. The number of oxazole rings is 1. The van der Waals surface area contributed by atoms with Crippen LogP contribution >= 0.6 is 11.8 Å². The smallest absolute Gasteiger partial charge is 0.416 e. The molecule has 0 aliphatic rings. The molecule has 0 saturated carbocycles. The highest BCUT2D eigenvalue weighted by atomic mass is 32.2. The highest BCUT2D eigenvalue weighted by Crippen LogP contribution is 2.32. The van der Waals surface area contributed by atoms with Crippen LogP contribution in [0.25, 0.3) is 17.1 Å². The van der Waals surface area contributed by atoms with E-state index in [-0.39, 0.29) is 11.6 Å². The summed E-state index contributed by atoms with van der Waals surface area (Å²) in [6, 6.07) is 4.44. The van der Waals surface area contributed by atoms with Crippen LogP contribution in [0.5, 0.6) is 0 Å². The fraction of sp³-hybridized carbons (Fsp3) is 0.188. The average molecular weight is 367 g/mol. The minimum Gasteiger partial charge on any atom is -0.441 e. The van der Waals surface area contributed by atoms with Gasteiger partial charge in [0, 0.05) is 11.8 Å². The second kappa shape index (κ2) is 6.40. The van der Waals surface area contributed by atoms with Gasteiger partial charge in [0.1, 0.15) is 5.03 Å². The van der Waals surface area contributed by atoms with E-state index in [2.05, 4.69) is 9.97 Å². The van der Waals surface area contributed by atoms with Gasteiger partial charge in [-0.05, 0) is 30.9 Å². The predicted molar refractivity (Wildman–Crippen MR) is 86.9 cm³/mol. The van der Waals surface area contributed by atoms with Gasteiger partial charge in [0.25, 0.3) is 0 Å². The number of hydrogen-bond donors (Lipinski definition) is 0. The molecule has 130 valence electrons. The van der Waals surface area contributed by atoms with Gasteiger partial charge in [0.05, 0.1) is 5.56 Å². The van der Waals surface area contributed by atoms with Gasteiger partial charge in [-0.2, -0.15) is 23.1 Å². The summed E-state index contributed by atoms with van der Waals surface area (Å²) < 4.78 is 44.6. The van der Waals surface area contributed by atoms with Gasteiger partial charge in [-0.15, -0.1) is 11.8 Å². The van der Waals surface area contributed by atoms with Gasteiger partial charge in [-0.3, -0.25) is 0 Å². The molecular weight excluding hydrogens is 355 g/mol. The van der Waals surface area contributed by atoms with Crippen molar-refractivity contribution in [3.63, 3.8) is 0 Å². The number of aryl methyl sites for hydroxylation is 1. The highest BCUT2D eigenvalue weighted by Gasteiger charge is 2.30. The normalized spacial score (nSPS) is 11.7. The van der Waals surface area contributed by atoms with E-state index in [1.807, 2.05) is 6.26 Å². The highest BCUT2D eigenvalue weighted by molar-refractivity contribution is 7.98. The fourth-order valence-electron chi connectivity index (χ4n) is 2.31. The average Bonchev–Trinajstić information content (AvgIpc) is 3.05. The van der Waals surface area contributed by atoms with E-state index in [9.17, 15) is 18.0 Å². The van der Waals surface area contributed by atoms with Crippen molar-refractivity contribution < 1.29 is 17.6 Å². The molecule has 0 aliphatic heterocycles. The maximum atomic E-state index is 12.7. The Morgan fingerprint density at radius 3 is 2.48 bits per heavy atom. The predicted octanol–water partition coefficient (Wildman–Crippen LogP) is 3.94. The molecule has 5 nitrogen and oxygen atoms in total. The number of aromatic nitrogens is 3. The van der Waals surface area contributed by atoms with Crippen LogP contribution in [0.15, 0.2) is 51.1 Å². The monoisotopic (exact) mass is 367 g/mol. The Hall–Kier alpha value is -2.55. The molecule has 1 aromatic carbocycles. The molecule has 0 fully saturated rings. The van der Waals surface area contributed by atoms with Crippen molar-refractivity contribution in [1.82, 2.24) is 14.5 Å². The van der Waals surface area contributed by atoms with Crippen LogP contribution in [0, 0.1) is 6.92 Å². The molecule has 3 rings (SSSR count). The molecule has 2 aromatic heterocycles. The molecule has 0 spiro atoms. The van der Waals surface area contributed by atoms with Crippen molar-refractivity contribution >= 4 is 11.8 Å². The third kappa shape index (κ3) is 3.32. The van der Waals surface area contributed by atoms with E-state index in [1.165, 1.54) is 28.5 Å². The molecule has 0 atom stereocenters. The van der Waals surface area contributed by atoms with E-state index < -0.39 is 17.4 Å². The number of hydrogen-bond acceptors (Lipinski definition) is 5. The van der Waals surface area contributed by atoms with Crippen LogP contribution in [0.2, 0.25) is 0 Å². The van der Waals surface area contributed by atoms with E-state index >= 15 is 0 Å². The van der Waals surface area contributed by atoms with E-state index in [1.54, 1.807) is 13.1 Å². The van der Waals surface area contributed by atoms with Gasteiger partial charge in [-0.25, -0.2) is 9.36 Å². The van der Waals surface area contributed by atoms with E-state index in [4.69, 9.17) is 4.42 Å². The second-order valence-electron chi connectivity index (χ2n) is 5.17. The maximum absolute atomic E-state index is 12.7. The zero-order chi connectivity index (χ0) is 18.2. The fourth-order valence-corrected chi connectivity index (χ4v) is 2.86. The Balaban J connectivity index is 2.08. The van der Waals surface area contributed by atoms with Gasteiger partial charge in [0.15, 0.2) is 18.0 Å². The van der Waals surface area contributed by atoms with Crippen molar-refractivity contribution in [2.24, 2.45) is 0 Å².